The first-order valence-corrected chi connectivity index (χ1v) is 6.54. The number of carboxylic acid groups (broad SMARTS) is 1. The zero-order valence-electron chi connectivity index (χ0n) is 9.78. The van der Waals surface area contributed by atoms with E-state index in [4.69, 9.17) is 5.11 Å². The fraction of sp³-hybridized carbons (Fsp3) is 0.222. The quantitative estimate of drug-likeness (QED) is 0.516. The number of hydrogen-bond acceptors (Lipinski definition) is 5. The summed E-state index contributed by atoms with van der Waals surface area (Å²) in [4.78, 5) is 20.8. The standard InChI is InChI=1S/C9H11N3O6S/c1-2-10-19(17,18)11-8-5-6(12(15)16)3-4-7(8)9(13)14/h3-5,10-11H,2H2,1H3,(H,13,14). The van der Waals surface area contributed by atoms with Gasteiger partial charge in [-0.1, -0.05) is 6.92 Å². The molecule has 3 N–H and O–H groups in total. The lowest BCUT2D eigenvalue weighted by atomic mass is 10.1. The third kappa shape index (κ3) is 3.89. The van der Waals surface area contributed by atoms with Crippen LogP contribution in [-0.2, 0) is 10.2 Å². The van der Waals surface area contributed by atoms with Crippen LogP contribution >= 0.6 is 0 Å². The van der Waals surface area contributed by atoms with Crippen molar-refractivity contribution in [3.8, 4) is 0 Å². The van der Waals surface area contributed by atoms with Gasteiger partial charge in [0.05, 0.1) is 16.2 Å². The highest BCUT2D eigenvalue weighted by atomic mass is 32.2. The van der Waals surface area contributed by atoms with Crippen LogP contribution in [0.15, 0.2) is 18.2 Å². The molecule has 0 aromatic heterocycles. The van der Waals surface area contributed by atoms with Gasteiger partial charge in [0.1, 0.15) is 0 Å². The molecule has 0 aliphatic carbocycles. The molecule has 0 aliphatic rings. The topological polar surface area (TPSA) is 139 Å². The van der Waals surface area contributed by atoms with E-state index in [1.165, 1.54) is 6.92 Å². The number of aromatic carboxylic acids is 1. The van der Waals surface area contributed by atoms with Crippen LogP contribution < -0.4 is 9.44 Å². The van der Waals surface area contributed by atoms with Crippen molar-refractivity contribution in [2.24, 2.45) is 0 Å². The Labute approximate surface area is 108 Å². The molecule has 0 heterocycles. The molecule has 1 aromatic carbocycles. The largest absolute Gasteiger partial charge is 0.478 e. The SMILES string of the molecule is CCNS(=O)(=O)Nc1cc([N+](=O)[O-])ccc1C(=O)O. The van der Waals surface area contributed by atoms with E-state index in [1.54, 1.807) is 0 Å². The lowest BCUT2D eigenvalue weighted by molar-refractivity contribution is -0.384. The van der Waals surface area contributed by atoms with Gasteiger partial charge in [0.25, 0.3) is 15.9 Å². The Morgan fingerprint density at radius 1 is 1.47 bits per heavy atom. The van der Waals surface area contributed by atoms with Gasteiger partial charge in [0.2, 0.25) is 0 Å². The van der Waals surface area contributed by atoms with E-state index < -0.39 is 26.8 Å². The summed E-state index contributed by atoms with van der Waals surface area (Å²) >= 11 is 0. The Bertz CT molecular complexity index is 612. The Kier molecular flexibility index (Phi) is 4.40. The van der Waals surface area contributed by atoms with Crippen LogP contribution in [0, 0.1) is 10.1 Å². The van der Waals surface area contributed by atoms with E-state index in [-0.39, 0.29) is 17.8 Å². The molecule has 10 heteroatoms. The second kappa shape index (κ2) is 5.63. The zero-order valence-corrected chi connectivity index (χ0v) is 10.6. The Morgan fingerprint density at radius 3 is 2.58 bits per heavy atom. The fourth-order valence-electron chi connectivity index (χ4n) is 1.29. The van der Waals surface area contributed by atoms with Crippen LogP contribution in [0.2, 0.25) is 0 Å². The average molecular weight is 289 g/mol. The summed E-state index contributed by atoms with van der Waals surface area (Å²) in [5, 5.41) is 19.5. The smallest absolute Gasteiger partial charge is 0.337 e. The van der Waals surface area contributed by atoms with Crippen molar-refractivity contribution in [2.75, 3.05) is 11.3 Å². The molecule has 0 radical (unpaired) electrons. The second-order valence-corrected chi connectivity index (χ2v) is 4.90. The highest BCUT2D eigenvalue weighted by Gasteiger charge is 2.19. The van der Waals surface area contributed by atoms with Gasteiger partial charge in [-0.15, -0.1) is 0 Å². The second-order valence-electron chi connectivity index (χ2n) is 3.40. The van der Waals surface area contributed by atoms with Gasteiger partial charge in [0.15, 0.2) is 0 Å². The summed E-state index contributed by atoms with van der Waals surface area (Å²) in [6, 6.07) is 2.79. The third-order valence-corrected chi connectivity index (χ3v) is 3.18. The van der Waals surface area contributed by atoms with Gasteiger partial charge in [-0.2, -0.15) is 13.1 Å². The maximum atomic E-state index is 11.5. The van der Waals surface area contributed by atoms with Crippen LogP contribution in [0.1, 0.15) is 17.3 Å². The lowest BCUT2D eigenvalue weighted by Gasteiger charge is -2.10. The molecular weight excluding hydrogens is 278 g/mol. The average Bonchev–Trinajstić information content (AvgIpc) is 2.27. The Morgan fingerprint density at radius 2 is 2.11 bits per heavy atom. The zero-order chi connectivity index (χ0) is 14.6. The number of benzene rings is 1. The summed E-state index contributed by atoms with van der Waals surface area (Å²) in [6.07, 6.45) is 0. The normalized spacial score (nSPS) is 11.0. The molecule has 0 aliphatic heterocycles. The summed E-state index contributed by atoms with van der Waals surface area (Å²) in [7, 11) is -3.97. The summed E-state index contributed by atoms with van der Waals surface area (Å²) in [6.45, 7) is 1.62. The minimum absolute atomic E-state index is 0.0899. The van der Waals surface area contributed by atoms with Gasteiger partial charge in [0, 0.05) is 18.7 Å². The van der Waals surface area contributed by atoms with E-state index in [0.29, 0.717) is 0 Å². The van der Waals surface area contributed by atoms with E-state index in [0.717, 1.165) is 18.2 Å². The van der Waals surface area contributed by atoms with Crippen molar-refractivity contribution in [3.05, 3.63) is 33.9 Å². The van der Waals surface area contributed by atoms with Crippen molar-refractivity contribution in [1.82, 2.24) is 4.72 Å². The highest BCUT2D eigenvalue weighted by Crippen LogP contribution is 2.23. The molecule has 1 aromatic rings. The molecule has 0 bridgehead atoms. The van der Waals surface area contributed by atoms with Crippen LogP contribution in [0.3, 0.4) is 0 Å². The van der Waals surface area contributed by atoms with Crippen molar-refractivity contribution in [2.45, 2.75) is 6.92 Å². The van der Waals surface area contributed by atoms with Crippen molar-refractivity contribution < 1.29 is 23.2 Å². The number of carboxylic acids is 1. The van der Waals surface area contributed by atoms with Crippen LogP contribution in [0.25, 0.3) is 0 Å². The van der Waals surface area contributed by atoms with E-state index >= 15 is 0 Å². The van der Waals surface area contributed by atoms with E-state index in [2.05, 4.69) is 4.72 Å². The molecule has 0 fully saturated rings. The molecule has 1 rings (SSSR count). The first-order valence-electron chi connectivity index (χ1n) is 5.06. The van der Waals surface area contributed by atoms with Gasteiger partial charge >= 0.3 is 5.97 Å². The number of rotatable bonds is 6. The maximum Gasteiger partial charge on any atom is 0.337 e. The Balaban J connectivity index is 3.26. The van der Waals surface area contributed by atoms with Crippen molar-refractivity contribution >= 4 is 27.6 Å². The maximum absolute atomic E-state index is 11.5. The van der Waals surface area contributed by atoms with E-state index in [1.807, 2.05) is 4.72 Å². The molecule has 0 unspecified atom stereocenters. The fourth-order valence-corrected chi connectivity index (χ4v) is 2.20. The van der Waals surface area contributed by atoms with Crippen molar-refractivity contribution in [1.29, 1.82) is 0 Å². The number of hydrogen-bond donors (Lipinski definition) is 3. The number of nitro groups is 1. The molecular formula is C9H11N3O6S. The number of non-ortho nitro benzene ring substituents is 1. The molecule has 19 heavy (non-hydrogen) atoms. The minimum Gasteiger partial charge on any atom is -0.478 e. The number of carbonyl (C=O) groups is 1. The first-order chi connectivity index (χ1) is 8.76. The summed E-state index contributed by atoms with van der Waals surface area (Å²) < 4.78 is 27.0. The predicted octanol–water partition coefficient (Wildman–Crippen LogP) is 0.559. The highest BCUT2D eigenvalue weighted by molar-refractivity contribution is 7.90. The van der Waals surface area contributed by atoms with Crippen LogP contribution in [-0.4, -0.2) is 31.0 Å². The third-order valence-electron chi connectivity index (χ3n) is 2.02. The molecule has 104 valence electrons. The molecule has 0 saturated carbocycles. The molecule has 0 spiro atoms. The minimum atomic E-state index is -3.97. The van der Waals surface area contributed by atoms with Crippen LogP contribution in [0.4, 0.5) is 11.4 Å². The number of nitro benzene ring substituents is 1. The molecule has 9 nitrogen and oxygen atoms in total. The number of nitrogens with one attached hydrogen (secondary N) is 2. The van der Waals surface area contributed by atoms with Crippen molar-refractivity contribution in [3.63, 3.8) is 0 Å². The number of nitrogens with zero attached hydrogens (tertiary/aromatic N) is 1. The van der Waals surface area contributed by atoms with Gasteiger partial charge in [-0.25, -0.2) is 4.79 Å². The monoisotopic (exact) mass is 289 g/mol. The summed E-state index contributed by atoms with van der Waals surface area (Å²) in [5.41, 5.74) is -1.17. The molecule has 0 amide bonds. The van der Waals surface area contributed by atoms with Gasteiger partial charge in [-0.05, 0) is 6.07 Å². The predicted molar refractivity (Wildman–Crippen MR) is 66.3 cm³/mol. The Hall–Kier alpha value is -2.20. The molecule has 0 atom stereocenters. The summed E-state index contributed by atoms with van der Waals surface area (Å²) in [5.74, 6) is -1.40. The van der Waals surface area contributed by atoms with E-state index in [9.17, 15) is 23.3 Å². The van der Waals surface area contributed by atoms with Gasteiger partial charge < -0.3 is 5.11 Å². The molecule has 0 saturated heterocycles. The lowest BCUT2D eigenvalue weighted by Crippen LogP contribution is -2.30. The first kappa shape index (κ1) is 14.9. The van der Waals surface area contributed by atoms with Crippen LogP contribution in [0.5, 0.6) is 0 Å². The van der Waals surface area contributed by atoms with Gasteiger partial charge in [-0.3, -0.25) is 14.8 Å². The number of anilines is 1.